The number of pyridine rings is 1. The van der Waals surface area contributed by atoms with E-state index in [2.05, 4.69) is 10.3 Å². The first-order valence-electron chi connectivity index (χ1n) is 6.26. The van der Waals surface area contributed by atoms with Crippen LogP contribution in [0, 0.1) is 5.95 Å². The first-order valence-corrected chi connectivity index (χ1v) is 6.26. The number of rotatable bonds is 7. The Morgan fingerprint density at radius 1 is 1.40 bits per heavy atom. The lowest BCUT2D eigenvalue weighted by Crippen LogP contribution is -2.26. The van der Waals surface area contributed by atoms with Crippen LogP contribution in [0.25, 0.3) is 0 Å². The summed E-state index contributed by atoms with van der Waals surface area (Å²) in [6.07, 6.45) is 3.52. The van der Waals surface area contributed by atoms with Gasteiger partial charge in [0.1, 0.15) is 12.4 Å². The number of aromatic nitrogens is 1. The molecule has 0 unspecified atom stereocenters. The standard InChI is InChI=1S/C14H15FN2O3/c15-13-12(5-1-6-16-13)14(18)17-7-3-8-19-10-11-4-2-9-20-11/h1-2,4-6,9H,3,7-8,10H2,(H,17,18). The summed E-state index contributed by atoms with van der Waals surface area (Å²) in [5, 5.41) is 2.61. The molecule has 0 saturated carbocycles. The summed E-state index contributed by atoms with van der Waals surface area (Å²) >= 11 is 0. The van der Waals surface area contributed by atoms with Crippen LogP contribution in [0.15, 0.2) is 41.1 Å². The summed E-state index contributed by atoms with van der Waals surface area (Å²) in [4.78, 5) is 15.1. The van der Waals surface area contributed by atoms with E-state index in [1.54, 1.807) is 12.3 Å². The van der Waals surface area contributed by atoms with E-state index in [1.807, 2.05) is 6.07 Å². The SMILES string of the molecule is O=C(NCCCOCc1ccco1)c1cccnc1F. The number of halogens is 1. The molecule has 0 spiro atoms. The summed E-state index contributed by atoms with van der Waals surface area (Å²) in [6, 6.07) is 6.53. The Kier molecular flexibility index (Phi) is 5.25. The number of hydrogen-bond acceptors (Lipinski definition) is 4. The average molecular weight is 278 g/mol. The Morgan fingerprint density at radius 2 is 2.30 bits per heavy atom. The lowest BCUT2D eigenvalue weighted by molar-refractivity contribution is 0.0913. The van der Waals surface area contributed by atoms with Crippen LogP contribution in [-0.2, 0) is 11.3 Å². The molecule has 0 aromatic carbocycles. The molecule has 6 heteroatoms. The van der Waals surface area contributed by atoms with Gasteiger partial charge in [-0.2, -0.15) is 4.39 Å². The third-order valence-electron chi connectivity index (χ3n) is 2.58. The molecule has 20 heavy (non-hydrogen) atoms. The summed E-state index contributed by atoms with van der Waals surface area (Å²) in [7, 11) is 0. The van der Waals surface area contributed by atoms with Crippen molar-refractivity contribution < 1.29 is 18.3 Å². The first-order chi connectivity index (χ1) is 9.77. The molecule has 2 heterocycles. The van der Waals surface area contributed by atoms with Gasteiger partial charge in [-0.3, -0.25) is 4.79 Å². The minimum Gasteiger partial charge on any atom is -0.467 e. The van der Waals surface area contributed by atoms with Gasteiger partial charge >= 0.3 is 0 Å². The van der Waals surface area contributed by atoms with E-state index in [0.29, 0.717) is 26.2 Å². The third-order valence-corrected chi connectivity index (χ3v) is 2.58. The number of carbonyl (C=O) groups is 1. The van der Waals surface area contributed by atoms with Crippen molar-refractivity contribution in [2.75, 3.05) is 13.2 Å². The van der Waals surface area contributed by atoms with Crippen LogP contribution in [0.4, 0.5) is 4.39 Å². The second kappa shape index (κ2) is 7.40. The van der Waals surface area contributed by atoms with Gasteiger partial charge in [0.05, 0.1) is 11.8 Å². The van der Waals surface area contributed by atoms with Gasteiger partial charge in [0.2, 0.25) is 5.95 Å². The Bertz CT molecular complexity index is 543. The van der Waals surface area contributed by atoms with Crippen LogP contribution in [0.2, 0.25) is 0 Å². The highest BCUT2D eigenvalue weighted by molar-refractivity contribution is 5.94. The molecule has 0 aliphatic carbocycles. The average Bonchev–Trinajstić information content (AvgIpc) is 2.96. The smallest absolute Gasteiger partial charge is 0.255 e. The molecule has 0 aliphatic rings. The van der Waals surface area contributed by atoms with Gasteiger partial charge in [0.25, 0.3) is 5.91 Å². The lowest BCUT2D eigenvalue weighted by atomic mass is 10.2. The quantitative estimate of drug-likeness (QED) is 0.622. The maximum atomic E-state index is 13.2. The molecule has 2 aromatic rings. The highest BCUT2D eigenvalue weighted by Gasteiger charge is 2.10. The summed E-state index contributed by atoms with van der Waals surface area (Å²) in [6.45, 7) is 1.29. The fraction of sp³-hybridized carbons (Fsp3) is 0.286. The molecular formula is C14H15FN2O3. The van der Waals surface area contributed by atoms with Crippen molar-refractivity contribution in [3.05, 3.63) is 54.0 Å². The number of ether oxygens (including phenoxy) is 1. The molecular weight excluding hydrogens is 263 g/mol. The van der Waals surface area contributed by atoms with E-state index in [-0.39, 0.29) is 5.56 Å². The van der Waals surface area contributed by atoms with Crippen molar-refractivity contribution in [1.29, 1.82) is 0 Å². The van der Waals surface area contributed by atoms with Crippen LogP contribution in [0.5, 0.6) is 0 Å². The zero-order valence-corrected chi connectivity index (χ0v) is 10.8. The molecule has 1 N–H and O–H groups in total. The zero-order chi connectivity index (χ0) is 14.2. The zero-order valence-electron chi connectivity index (χ0n) is 10.8. The van der Waals surface area contributed by atoms with Gasteiger partial charge in [0.15, 0.2) is 0 Å². The normalized spacial score (nSPS) is 10.4. The van der Waals surface area contributed by atoms with Gasteiger partial charge < -0.3 is 14.5 Å². The van der Waals surface area contributed by atoms with Gasteiger partial charge in [-0.25, -0.2) is 4.98 Å². The van der Waals surface area contributed by atoms with Crippen molar-refractivity contribution in [1.82, 2.24) is 10.3 Å². The van der Waals surface area contributed by atoms with Gasteiger partial charge in [0, 0.05) is 19.3 Å². The number of nitrogens with zero attached hydrogens (tertiary/aromatic N) is 1. The van der Waals surface area contributed by atoms with Crippen LogP contribution in [0.1, 0.15) is 22.5 Å². The maximum absolute atomic E-state index is 13.2. The van der Waals surface area contributed by atoms with E-state index in [4.69, 9.17) is 9.15 Å². The second-order valence-electron chi connectivity index (χ2n) is 4.08. The fourth-order valence-corrected chi connectivity index (χ4v) is 1.59. The minimum atomic E-state index is -0.765. The highest BCUT2D eigenvalue weighted by Crippen LogP contribution is 2.03. The Morgan fingerprint density at radius 3 is 3.05 bits per heavy atom. The minimum absolute atomic E-state index is 0.0518. The van der Waals surface area contributed by atoms with Crippen molar-refractivity contribution in [2.45, 2.75) is 13.0 Å². The van der Waals surface area contributed by atoms with E-state index >= 15 is 0 Å². The Balaban J connectivity index is 1.61. The number of furan rings is 1. The van der Waals surface area contributed by atoms with Gasteiger partial charge in [-0.05, 0) is 30.7 Å². The van der Waals surface area contributed by atoms with Crippen LogP contribution in [-0.4, -0.2) is 24.0 Å². The van der Waals surface area contributed by atoms with Crippen molar-refractivity contribution >= 4 is 5.91 Å². The summed E-state index contributed by atoms with van der Waals surface area (Å²) in [5.74, 6) is -0.479. The number of carbonyl (C=O) groups excluding carboxylic acids is 1. The van der Waals surface area contributed by atoms with Crippen LogP contribution in [0.3, 0.4) is 0 Å². The fourth-order valence-electron chi connectivity index (χ4n) is 1.59. The van der Waals surface area contributed by atoms with Crippen LogP contribution < -0.4 is 5.32 Å². The number of amides is 1. The number of hydrogen-bond donors (Lipinski definition) is 1. The molecule has 0 fully saturated rings. The van der Waals surface area contributed by atoms with E-state index < -0.39 is 11.9 Å². The molecule has 106 valence electrons. The van der Waals surface area contributed by atoms with Gasteiger partial charge in [-0.15, -0.1) is 0 Å². The molecule has 2 aromatic heterocycles. The largest absolute Gasteiger partial charge is 0.467 e. The molecule has 0 radical (unpaired) electrons. The van der Waals surface area contributed by atoms with Crippen molar-refractivity contribution in [3.63, 3.8) is 0 Å². The highest BCUT2D eigenvalue weighted by atomic mass is 19.1. The lowest BCUT2D eigenvalue weighted by Gasteiger charge is -2.06. The predicted octanol–water partition coefficient (Wildman–Crippen LogP) is 2.15. The number of nitrogens with one attached hydrogen (secondary N) is 1. The predicted molar refractivity (Wildman–Crippen MR) is 69.5 cm³/mol. The van der Waals surface area contributed by atoms with Crippen molar-refractivity contribution in [2.24, 2.45) is 0 Å². The topological polar surface area (TPSA) is 64.4 Å². The van der Waals surface area contributed by atoms with Crippen LogP contribution >= 0.6 is 0 Å². The van der Waals surface area contributed by atoms with E-state index in [1.165, 1.54) is 18.3 Å². The molecule has 0 bridgehead atoms. The second-order valence-corrected chi connectivity index (χ2v) is 4.08. The molecule has 0 atom stereocenters. The maximum Gasteiger partial charge on any atom is 0.255 e. The Labute approximate surface area is 115 Å². The first kappa shape index (κ1) is 14.2. The molecule has 0 saturated heterocycles. The summed E-state index contributed by atoms with van der Waals surface area (Å²) < 4.78 is 23.7. The molecule has 5 nitrogen and oxygen atoms in total. The summed E-state index contributed by atoms with van der Waals surface area (Å²) in [5.41, 5.74) is -0.0518. The van der Waals surface area contributed by atoms with E-state index in [9.17, 15) is 9.18 Å². The third kappa shape index (κ3) is 4.17. The van der Waals surface area contributed by atoms with Gasteiger partial charge in [-0.1, -0.05) is 0 Å². The Hall–Kier alpha value is -2.21. The van der Waals surface area contributed by atoms with Crippen molar-refractivity contribution in [3.8, 4) is 0 Å². The molecule has 1 amide bonds. The van der Waals surface area contributed by atoms with E-state index in [0.717, 1.165) is 5.76 Å². The molecule has 0 aliphatic heterocycles. The molecule has 2 rings (SSSR count). The monoisotopic (exact) mass is 278 g/mol.